The maximum atomic E-state index is 5.92. The molecule has 0 aliphatic heterocycles. The van der Waals surface area contributed by atoms with E-state index in [1.54, 1.807) is 0 Å². The lowest BCUT2D eigenvalue weighted by Crippen LogP contribution is -1.84. The van der Waals surface area contributed by atoms with E-state index >= 15 is 0 Å². The van der Waals surface area contributed by atoms with Gasteiger partial charge < -0.3 is 5.73 Å². The Hall–Kier alpha value is -1.84. The molecule has 0 atom stereocenters. The molecule has 0 fully saturated rings. The topological polar surface area (TPSA) is 38.9 Å². The third-order valence-corrected chi connectivity index (χ3v) is 3.98. The first kappa shape index (κ1) is 12.2. The lowest BCUT2D eigenvalue weighted by molar-refractivity contribution is 1.41. The predicted octanol–water partition coefficient (Wildman–Crippen LogP) is 4.71. The van der Waals surface area contributed by atoms with Gasteiger partial charge in [-0.3, -0.25) is 0 Å². The van der Waals surface area contributed by atoms with E-state index < -0.39 is 0 Å². The second-order valence-electron chi connectivity index (χ2n) is 4.10. The van der Waals surface area contributed by atoms with Crippen LogP contribution in [0, 0.1) is 0 Å². The van der Waals surface area contributed by atoms with Crippen LogP contribution in [0.4, 0.5) is 5.13 Å². The molecular formula is C15H11ClN2S. The van der Waals surface area contributed by atoms with Crippen LogP contribution in [0.3, 0.4) is 0 Å². The van der Waals surface area contributed by atoms with Crippen LogP contribution < -0.4 is 5.73 Å². The van der Waals surface area contributed by atoms with E-state index in [4.69, 9.17) is 17.3 Å². The molecule has 94 valence electrons. The fourth-order valence-electron chi connectivity index (χ4n) is 1.93. The Balaban J connectivity index is 2.15. The number of hydrogen-bond donors (Lipinski definition) is 1. The molecule has 2 aromatic carbocycles. The van der Waals surface area contributed by atoms with Crippen LogP contribution in [-0.2, 0) is 0 Å². The summed E-state index contributed by atoms with van der Waals surface area (Å²) >= 11 is 7.42. The Bertz CT molecular complexity index is 690. The highest BCUT2D eigenvalue weighted by Crippen LogP contribution is 2.38. The van der Waals surface area contributed by atoms with Gasteiger partial charge in [-0.25, -0.2) is 4.98 Å². The number of nitrogen functional groups attached to an aromatic ring is 1. The van der Waals surface area contributed by atoms with Crippen LogP contribution in [0.5, 0.6) is 0 Å². The van der Waals surface area contributed by atoms with Crippen molar-refractivity contribution < 1.29 is 0 Å². The number of anilines is 1. The summed E-state index contributed by atoms with van der Waals surface area (Å²) in [5.41, 5.74) is 8.94. The number of hydrogen-bond acceptors (Lipinski definition) is 3. The minimum atomic E-state index is 0.573. The molecule has 2 N–H and O–H groups in total. The molecule has 0 saturated heterocycles. The second-order valence-corrected chi connectivity index (χ2v) is 5.57. The minimum absolute atomic E-state index is 0.573. The van der Waals surface area contributed by atoms with E-state index in [1.165, 1.54) is 11.3 Å². The van der Waals surface area contributed by atoms with Crippen molar-refractivity contribution in [2.24, 2.45) is 0 Å². The van der Waals surface area contributed by atoms with Crippen LogP contribution in [0.25, 0.3) is 21.7 Å². The van der Waals surface area contributed by atoms with Crippen molar-refractivity contribution in [2.45, 2.75) is 0 Å². The molecule has 0 bridgehead atoms. The fraction of sp³-hybridized carbons (Fsp3) is 0. The summed E-state index contributed by atoms with van der Waals surface area (Å²) < 4.78 is 0. The van der Waals surface area contributed by atoms with Gasteiger partial charge in [-0.05, 0) is 17.7 Å². The van der Waals surface area contributed by atoms with Crippen molar-refractivity contribution in [1.82, 2.24) is 4.98 Å². The number of nitrogens with two attached hydrogens (primary N) is 1. The summed E-state index contributed by atoms with van der Waals surface area (Å²) in [5, 5.41) is 1.30. The van der Waals surface area contributed by atoms with Gasteiger partial charge in [0, 0.05) is 10.6 Å². The predicted molar refractivity (Wildman–Crippen MR) is 82.4 cm³/mol. The Morgan fingerprint density at radius 3 is 2.26 bits per heavy atom. The average Bonchev–Trinajstić information content (AvgIpc) is 2.83. The first-order valence-electron chi connectivity index (χ1n) is 5.82. The van der Waals surface area contributed by atoms with Crippen LogP contribution in [0.2, 0.25) is 5.02 Å². The Labute approximate surface area is 120 Å². The van der Waals surface area contributed by atoms with Crippen LogP contribution >= 0.6 is 22.9 Å². The van der Waals surface area contributed by atoms with Crippen molar-refractivity contribution in [3.8, 4) is 21.7 Å². The molecule has 0 amide bonds. The molecule has 4 heteroatoms. The number of nitrogens with zero attached hydrogens (tertiary/aromatic N) is 1. The van der Waals surface area contributed by atoms with Crippen molar-refractivity contribution in [3.05, 3.63) is 59.6 Å². The quantitative estimate of drug-likeness (QED) is 0.741. The van der Waals surface area contributed by atoms with E-state index in [1.807, 2.05) is 54.6 Å². The van der Waals surface area contributed by atoms with Gasteiger partial charge in [-0.15, -0.1) is 0 Å². The summed E-state index contributed by atoms with van der Waals surface area (Å²) in [6.07, 6.45) is 0. The fourth-order valence-corrected chi connectivity index (χ4v) is 2.91. The SMILES string of the molecule is Nc1nc(-c2ccccc2)c(-c2ccc(Cl)cc2)s1. The summed E-state index contributed by atoms with van der Waals surface area (Å²) in [7, 11) is 0. The van der Waals surface area contributed by atoms with E-state index in [9.17, 15) is 0 Å². The maximum Gasteiger partial charge on any atom is 0.181 e. The number of halogens is 1. The van der Waals surface area contributed by atoms with Crippen molar-refractivity contribution in [1.29, 1.82) is 0 Å². The minimum Gasteiger partial charge on any atom is -0.375 e. The zero-order valence-corrected chi connectivity index (χ0v) is 11.6. The smallest absolute Gasteiger partial charge is 0.181 e. The van der Waals surface area contributed by atoms with E-state index in [0.29, 0.717) is 5.13 Å². The van der Waals surface area contributed by atoms with Gasteiger partial charge in [0.05, 0.1) is 10.6 Å². The maximum absolute atomic E-state index is 5.92. The van der Waals surface area contributed by atoms with Crippen molar-refractivity contribution in [2.75, 3.05) is 5.73 Å². The molecule has 3 rings (SSSR count). The first-order valence-corrected chi connectivity index (χ1v) is 7.01. The lowest BCUT2D eigenvalue weighted by atomic mass is 10.1. The largest absolute Gasteiger partial charge is 0.375 e. The Morgan fingerprint density at radius 1 is 0.895 bits per heavy atom. The highest BCUT2D eigenvalue weighted by Gasteiger charge is 2.13. The highest BCUT2D eigenvalue weighted by molar-refractivity contribution is 7.19. The van der Waals surface area contributed by atoms with Crippen LogP contribution in [0.1, 0.15) is 0 Å². The Morgan fingerprint density at radius 2 is 1.58 bits per heavy atom. The molecule has 0 unspecified atom stereocenters. The zero-order valence-electron chi connectivity index (χ0n) is 10.0. The Kier molecular flexibility index (Phi) is 3.23. The summed E-state index contributed by atoms with van der Waals surface area (Å²) in [4.78, 5) is 5.51. The van der Waals surface area contributed by atoms with Gasteiger partial charge >= 0.3 is 0 Å². The number of benzene rings is 2. The standard InChI is InChI=1S/C15H11ClN2S/c16-12-8-6-11(7-9-12)14-13(18-15(17)19-14)10-4-2-1-3-5-10/h1-9H,(H2,17,18). The third kappa shape index (κ3) is 2.48. The molecule has 0 aliphatic carbocycles. The van der Waals surface area contributed by atoms with Gasteiger partial charge in [-0.2, -0.15) is 0 Å². The van der Waals surface area contributed by atoms with Crippen LogP contribution in [-0.4, -0.2) is 4.98 Å². The van der Waals surface area contributed by atoms with Gasteiger partial charge in [0.2, 0.25) is 0 Å². The molecule has 0 saturated carbocycles. The second kappa shape index (κ2) is 5.03. The van der Waals surface area contributed by atoms with E-state index in [0.717, 1.165) is 26.7 Å². The first-order chi connectivity index (χ1) is 9.24. The molecule has 3 aromatic rings. The van der Waals surface area contributed by atoms with Crippen LogP contribution in [0.15, 0.2) is 54.6 Å². The molecule has 0 aliphatic rings. The number of aromatic nitrogens is 1. The van der Waals surface area contributed by atoms with E-state index in [2.05, 4.69) is 4.98 Å². The molecule has 19 heavy (non-hydrogen) atoms. The molecule has 0 spiro atoms. The van der Waals surface area contributed by atoms with Gasteiger partial charge in [-0.1, -0.05) is 65.4 Å². The van der Waals surface area contributed by atoms with Gasteiger partial charge in [0.25, 0.3) is 0 Å². The monoisotopic (exact) mass is 286 g/mol. The number of thiazole rings is 1. The molecule has 1 aromatic heterocycles. The zero-order chi connectivity index (χ0) is 13.2. The van der Waals surface area contributed by atoms with Crippen molar-refractivity contribution >= 4 is 28.1 Å². The third-order valence-electron chi connectivity index (χ3n) is 2.80. The van der Waals surface area contributed by atoms with Gasteiger partial charge in [0.15, 0.2) is 5.13 Å². The molecule has 1 heterocycles. The van der Waals surface area contributed by atoms with E-state index in [-0.39, 0.29) is 0 Å². The van der Waals surface area contributed by atoms with Gasteiger partial charge in [0.1, 0.15) is 0 Å². The lowest BCUT2D eigenvalue weighted by Gasteiger charge is -2.02. The summed E-state index contributed by atoms with van der Waals surface area (Å²) in [5.74, 6) is 0. The molecule has 0 radical (unpaired) electrons. The van der Waals surface area contributed by atoms with Crippen molar-refractivity contribution in [3.63, 3.8) is 0 Å². The normalized spacial score (nSPS) is 10.6. The number of rotatable bonds is 2. The average molecular weight is 287 g/mol. The highest BCUT2D eigenvalue weighted by atomic mass is 35.5. The summed E-state index contributed by atoms with van der Waals surface area (Å²) in [6, 6.07) is 17.8. The molecular weight excluding hydrogens is 276 g/mol. The molecule has 2 nitrogen and oxygen atoms in total. The summed E-state index contributed by atoms with van der Waals surface area (Å²) in [6.45, 7) is 0.